The highest BCUT2D eigenvalue weighted by Crippen LogP contribution is 2.68. The van der Waals surface area contributed by atoms with Crippen molar-refractivity contribution in [1.82, 2.24) is 0 Å². The minimum Gasteiger partial charge on any atom is -0.299 e. The van der Waals surface area contributed by atoms with E-state index < -0.39 is 0 Å². The molecule has 4 saturated carbocycles. The summed E-state index contributed by atoms with van der Waals surface area (Å²) < 4.78 is 0. The summed E-state index contributed by atoms with van der Waals surface area (Å²) in [5.74, 6) is 3.73. The van der Waals surface area contributed by atoms with Gasteiger partial charge in [0, 0.05) is 12.3 Å². The van der Waals surface area contributed by atoms with Gasteiger partial charge in [-0.05, 0) is 48.9 Å². The maximum Gasteiger partial charge on any atom is 0.137 e. The smallest absolute Gasteiger partial charge is 0.137 e. The van der Waals surface area contributed by atoms with Crippen molar-refractivity contribution in [2.24, 2.45) is 29.1 Å². The number of Topliss-reactive ketones (excluding diaryl/α,β-unsaturated/α-hetero) is 1. The number of hydrogen-bond acceptors (Lipinski definition) is 1. The Hall–Kier alpha value is -0.330. The van der Waals surface area contributed by atoms with Crippen LogP contribution in [-0.4, -0.2) is 5.78 Å². The Morgan fingerprint density at radius 2 is 1.94 bits per heavy atom. The molecule has 0 N–H and O–H groups in total. The number of carbonyl (C=O) groups is 1. The van der Waals surface area contributed by atoms with E-state index in [0.717, 1.165) is 24.2 Å². The Labute approximate surface area is 98.0 Å². The summed E-state index contributed by atoms with van der Waals surface area (Å²) in [7, 11) is 0. The molecule has 16 heavy (non-hydrogen) atoms. The molecule has 0 unspecified atom stereocenters. The topological polar surface area (TPSA) is 17.1 Å². The van der Waals surface area contributed by atoms with E-state index in [1.54, 1.807) is 0 Å². The first kappa shape index (κ1) is 9.67. The first-order chi connectivity index (χ1) is 7.81. The Morgan fingerprint density at radius 1 is 1.06 bits per heavy atom. The standard InChI is InChI=1S/C15H22O/c16-13-8-11-5-3-7-15(11)9-10-4-1-2-6-12(10)14(13)15/h10-12,14H,1-9H2/t10-,11-,12-,14-,15+/m1/s1. The van der Waals surface area contributed by atoms with Gasteiger partial charge >= 0.3 is 0 Å². The minimum absolute atomic E-state index is 0.519. The average Bonchev–Trinajstić information content (AvgIpc) is 2.86. The molecule has 0 aromatic carbocycles. The highest BCUT2D eigenvalue weighted by Gasteiger charge is 2.64. The lowest BCUT2D eigenvalue weighted by atomic mass is 9.73. The molecule has 4 aliphatic rings. The second-order valence-electron chi connectivity index (χ2n) is 6.88. The molecule has 4 aliphatic carbocycles. The van der Waals surface area contributed by atoms with E-state index in [-0.39, 0.29) is 0 Å². The molecule has 1 spiro atoms. The zero-order chi connectivity index (χ0) is 10.8. The van der Waals surface area contributed by atoms with Crippen molar-refractivity contribution in [2.45, 2.75) is 57.8 Å². The van der Waals surface area contributed by atoms with E-state index in [4.69, 9.17) is 0 Å². The summed E-state index contributed by atoms with van der Waals surface area (Å²) in [6.45, 7) is 0. The third-order valence-electron chi connectivity index (χ3n) is 6.46. The molecule has 0 aliphatic heterocycles. The van der Waals surface area contributed by atoms with E-state index in [2.05, 4.69) is 0 Å². The molecule has 5 atom stereocenters. The fourth-order valence-electron chi connectivity index (χ4n) is 6.05. The number of fused-ring (bicyclic) bond motifs is 2. The van der Waals surface area contributed by atoms with Crippen LogP contribution >= 0.6 is 0 Å². The fraction of sp³-hybridized carbons (Fsp3) is 0.933. The maximum atomic E-state index is 12.3. The summed E-state index contributed by atoms with van der Waals surface area (Å²) in [5, 5.41) is 0. The Kier molecular flexibility index (Phi) is 1.88. The van der Waals surface area contributed by atoms with Crippen molar-refractivity contribution in [2.75, 3.05) is 0 Å². The summed E-state index contributed by atoms with van der Waals surface area (Å²) in [5.41, 5.74) is 0.525. The quantitative estimate of drug-likeness (QED) is 0.607. The van der Waals surface area contributed by atoms with Gasteiger partial charge in [0.1, 0.15) is 5.78 Å². The zero-order valence-electron chi connectivity index (χ0n) is 10.1. The summed E-state index contributed by atoms with van der Waals surface area (Å²) in [4.78, 5) is 12.3. The first-order valence-electron chi connectivity index (χ1n) is 7.34. The van der Waals surface area contributed by atoms with Gasteiger partial charge in [0.05, 0.1) is 0 Å². The van der Waals surface area contributed by atoms with Crippen LogP contribution in [0.25, 0.3) is 0 Å². The van der Waals surface area contributed by atoms with Crippen LogP contribution in [0.1, 0.15) is 57.8 Å². The second kappa shape index (κ2) is 3.11. The lowest BCUT2D eigenvalue weighted by Gasteiger charge is -2.30. The van der Waals surface area contributed by atoms with Crippen LogP contribution < -0.4 is 0 Å². The molecule has 0 aromatic rings. The van der Waals surface area contributed by atoms with Gasteiger partial charge < -0.3 is 0 Å². The van der Waals surface area contributed by atoms with Crippen molar-refractivity contribution in [3.8, 4) is 0 Å². The summed E-state index contributed by atoms with van der Waals surface area (Å²) in [6, 6.07) is 0. The molecule has 4 fully saturated rings. The number of ketones is 1. The Morgan fingerprint density at radius 3 is 2.88 bits per heavy atom. The molecule has 0 radical (unpaired) electrons. The van der Waals surface area contributed by atoms with Crippen molar-refractivity contribution in [3.05, 3.63) is 0 Å². The van der Waals surface area contributed by atoms with Gasteiger partial charge in [0.2, 0.25) is 0 Å². The molecule has 88 valence electrons. The predicted octanol–water partition coefficient (Wildman–Crippen LogP) is 3.57. The van der Waals surface area contributed by atoms with E-state index >= 15 is 0 Å². The van der Waals surface area contributed by atoms with Gasteiger partial charge in [-0.15, -0.1) is 0 Å². The van der Waals surface area contributed by atoms with Crippen LogP contribution in [0.4, 0.5) is 0 Å². The van der Waals surface area contributed by atoms with Crippen LogP contribution in [0.15, 0.2) is 0 Å². The number of rotatable bonds is 0. The highest BCUT2D eigenvalue weighted by molar-refractivity contribution is 5.86. The summed E-state index contributed by atoms with van der Waals surface area (Å²) in [6.07, 6.45) is 12.2. The molecular formula is C15H22O. The van der Waals surface area contributed by atoms with Crippen LogP contribution in [0.3, 0.4) is 0 Å². The number of hydrogen-bond donors (Lipinski definition) is 0. The molecule has 1 nitrogen and oxygen atoms in total. The van der Waals surface area contributed by atoms with E-state index in [0.29, 0.717) is 17.1 Å². The average molecular weight is 218 g/mol. The van der Waals surface area contributed by atoms with Gasteiger partial charge in [-0.2, -0.15) is 0 Å². The Bertz CT molecular complexity index is 334. The normalized spacial score (nSPS) is 54.9. The van der Waals surface area contributed by atoms with Gasteiger partial charge in [-0.25, -0.2) is 0 Å². The van der Waals surface area contributed by atoms with Crippen molar-refractivity contribution in [1.29, 1.82) is 0 Å². The molecule has 0 bridgehead atoms. The Balaban J connectivity index is 1.75. The van der Waals surface area contributed by atoms with Crippen molar-refractivity contribution < 1.29 is 4.79 Å². The second-order valence-corrected chi connectivity index (χ2v) is 6.88. The molecule has 4 rings (SSSR count). The van der Waals surface area contributed by atoms with Gasteiger partial charge in [-0.1, -0.05) is 25.7 Å². The van der Waals surface area contributed by atoms with Crippen LogP contribution in [0.2, 0.25) is 0 Å². The molecule has 0 heterocycles. The van der Waals surface area contributed by atoms with Crippen LogP contribution in [0, 0.1) is 29.1 Å². The molecule has 0 amide bonds. The SMILES string of the molecule is O=C1C[C@H]2CCC[C@]23C[C@H]2CCCC[C@H]2[C@H]13. The van der Waals surface area contributed by atoms with Crippen molar-refractivity contribution in [3.63, 3.8) is 0 Å². The largest absolute Gasteiger partial charge is 0.299 e. The lowest BCUT2D eigenvalue weighted by molar-refractivity contribution is -0.123. The monoisotopic (exact) mass is 218 g/mol. The summed E-state index contributed by atoms with van der Waals surface area (Å²) >= 11 is 0. The van der Waals surface area contributed by atoms with E-state index in [9.17, 15) is 4.79 Å². The zero-order valence-corrected chi connectivity index (χ0v) is 10.1. The van der Waals surface area contributed by atoms with E-state index in [1.807, 2.05) is 0 Å². The predicted molar refractivity (Wildman–Crippen MR) is 63.0 cm³/mol. The van der Waals surface area contributed by atoms with E-state index in [1.165, 1.54) is 51.4 Å². The third kappa shape index (κ3) is 1.01. The molecule has 0 saturated heterocycles. The highest BCUT2D eigenvalue weighted by atomic mass is 16.1. The van der Waals surface area contributed by atoms with Gasteiger partial charge in [0.15, 0.2) is 0 Å². The van der Waals surface area contributed by atoms with Crippen LogP contribution in [-0.2, 0) is 4.79 Å². The van der Waals surface area contributed by atoms with Crippen LogP contribution in [0.5, 0.6) is 0 Å². The fourth-order valence-corrected chi connectivity index (χ4v) is 6.05. The molecule has 1 heteroatoms. The molecule has 0 aromatic heterocycles. The van der Waals surface area contributed by atoms with Crippen molar-refractivity contribution >= 4 is 5.78 Å². The van der Waals surface area contributed by atoms with Gasteiger partial charge in [-0.3, -0.25) is 4.79 Å². The first-order valence-corrected chi connectivity index (χ1v) is 7.34. The third-order valence-corrected chi connectivity index (χ3v) is 6.46. The maximum absolute atomic E-state index is 12.3. The number of carbonyl (C=O) groups excluding carboxylic acids is 1. The lowest BCUT2D eigenvalue weighted by Crippen LogP contribution is -2.28. The minimum atomic E-state index is 0.519. The molecular weight excluding hydrogens is 196 g/mol. The van der Waals surface area contributed by atoms with Gasteiger partial charge in [0.25, 0.3) is 0 Å².